The fourth-order valence-corrected chi connectivity index (χ4v) is 4.00. The molecule has 2 aromatic rings. The van der Waals surface area contributed by atoms with Crippen molar-refractivity contribution in [3.8, 4) is 5.75 Å². The molecule has 3 aliphatic rings. The van der Waals surface area contributed by atoms with Crippen LogP contribution in [-0.2, 0) is 4.79 Å². The summed E-state index contributed by atoms with van der Waals surface area (Å²) in [6, 6.07) is 4.09. The first-order valence-corrected chi connectivity index (χ1v) is 8.71. The monoisotopic (exact) mass is 376 g/mol. The van der Waals surface area contributed by atoms with Gasteiger partial charge in [-0.1, -0.05) is 11.6 Å². The number of aryl methyl sites for hydroxylation is 1. The van der Waals surface area contributed by atoms with Gasteiger partial charge >= 0.3 is 0 Å². The highest BCUT2D eigenvalue weighted by molar-refractivity contribution is 6.30. The Labute approximate surface area is 155 Å². The normalized spacial score (nSPS) is 25.7. The first-order chi connectivity index (χ1) is 12.4. The van der Waals surface area contributed by atoms with Gasteiger partial charge in [0.2, 0.25) is 0 Å². The number of ether oxygens (including phenoxy) is 1. The predicted molar refractivity (Wildman–Crippen MR) is 94.8 cm³/mol. The van der Waals surface area contributed by atoms with E-state index in [4.69, 9.17) is 16.3 Å². The van der Waals surface area contributed by atoms with Gasteiger partial charge in [-0.05, 0) is 38.3 Å². The maximum atomic E-state index is 13.4. The summed E-state index contributed by atoms with van der Waals surface area (Å²) in [4.78, 5) is 20.7. The number of hydrogen-bond acceptors (Lipinski definition) is 5. The van der Waals surface area contributed by atoms with Gasteiger partial charge in [-0.2, -0.15) is 0 Å². The zero-order valence-electron chi connectivity index (χ0n) is 14.2. The Bertz CT molecular complexity index is 856. The van der Waals surface area contributed by atoms with Gasteiger partial charge in [0.1, 0.15) is 17.4 Å². The van der Waals surface area contributed by atoms with E-state index in [1.54, 1.807) is 12.4 Å². The second-order valence-corrected chi connectivity index (χ2v) is 7.53. The summed E-state index contributed by atoms with van der Waals surface area (Å²) in [7, 11) is 0. The Hall–Kier alpha value is -2.41. The van der Waals surface area contributed by atoms with E-state index in [1.807, 2.05) is 6.92 Å². The number of anilines is 1. The van der Waals surface area contributed by atoms with Crippen molar-refractivity contribution in [1.82, 2.24) is 15.3 Å². The number of hydrogen-bond donors (Lipinski definition) is 2. The predicted octanol–water partition coefficient (Wildman–Crippen LogP) is 2.86. The van der Waals surface area contributed by atoms with Gasteiger partial charge in [-0.25, -0.2) is 9.37 Å². The smallest absolute Gasteiger partial charge is 0.258 e. The minimum Gasteiger partial charge on any atom is -0.484 e. The van der Waals surface area contributed by atoms with Crippen LogP contribution in [0.15, 0.2) is 30.6 Å². The van der Waals surface area contributed by atoms with E-state index in [-0.39, 0.29) is 34.4 Å². The standard InChI is InChI=1S/C18H18ClFN4O2/c1-11-16(22-5-4-21-11)24-18-8-17(9-18,10-18)23-15(25)7-26-12-2-3-13(19)14(20)6-12/h2-6H,7-10H2,1H3,(H,22,24)(H,23,25). The topological polar surface area (TPSA) is 76.1 Å². The van der Waals surface area contributed by atoms with Crippen LogP contribution in [0.2, 0.25) is 5.02 Å². The molecule has 1 heterocycles. The van der Waals surface area contributed by atoms with Crippen molar-refractivity contribution < 1.29 is 13.9 Å². The van der Waals surface area contributed by atoms with Gasteiger partial charge in [-0.3, -0.25) is 9.78 Å². The largest absolute Gasteiger partial charge is 0.484 e. The van der Waals surface area contributed by atoms with E-state index in [1.165, 1.54) is 18.2 Å². The maximum Gasteiger partial charge on any atom is 0.258 e. The number of carbonyl (C=O) groups excluding carboxylic acids is 1. The highest BCUT2D eigenvalue weighted by Crippen LogP contribution is 2.61. The van der Waals surface area contributed by atoms with Crippen LogP contribution in [0.3, 0.4) is 0 Å². The third kappa shape index (κ3) is 3.07. The van der Waals surface area contributed by atoms with Crippen LogP contribution in [0.4, 0.5) is 10.2 Å². The highest BCUT2D eigenvalue weighted by Gasteiger charge is 2.69. The van der Waals surface area contributed by atoms with Crippen LogP contribution in [0.1, 0.15) is 25.0 Å². The molecule has 3 saturated carbocycles. The summed E-state index contributed by atoms with van der Waals surface area (Å²) in [5.74, 6) is 0.275. The number of nitrogens with one attached hydrogen (secondary N) is 2. The summed E-state index contributed by atoms with van der Waals surface area (Å²) in [6.07, 6.45) is 5.86. The molecule has 1 aromatic heterocycles. The fourth-order valence-electron chi connectivity index (χ4n) is 3.88. The quantitative estimate of drug-likeness (QED) is 0.810. The van der Waals surface area contributed by atoms with E-state index in [9.17, 15) is 9.18 Å². The molecule has 1 aromatic carbocycles. The molecule has 0 spiro atoms. The second kappa shape index (κ2) is 6.09. The molecular formula is C18H18ClFN4O2. The molecule has 1 amide bonds. The van der Waals surface area contributed by atoms with Gasteiger partial charge in [0.25, 0.3) is 5.91 Å². The Kier molecular flexibility index (Phi) is 3.99. The zero-order valence-corrected chi connectivity index (χ0v) is 14.9. The number of carbonyl (C=O) groups is 1. The number of nitrogens with zero attached hydrogens (tertiary/aromatic N) is 2. The van der Waals surface area contributed by atoms with Gasteiger partial charge in [0.05, 0.1) is 10.7 Å². The SMILES string of the molecule is Cc1nccnc1NC12CC(NC(=O)COc3ccc(Cl)c(F)c3)(C1)C2. The third-order valence-electron chi connectivity index (χ3n) is 4.96. The summed E-state index contributed by atoms with van der Waals surface area (Å²) in [5, 5.41) is 6.49. The minimum atomic E-state index is -0.573. The van der Waals surface area contributed by atoms with Crippen LogP contribution < -0.4 is 15.4 Å². The van der Waals surface area contributed by atoms with Crippen LogP contribution in [0.5, 0.6) is 5.75 Å². The van der Waals surface area contributed by atoms with Crippen molar-refractivity contribution in [2.75, 3.05) is 11.9 Å². The Morgan fingerprint density at radius 2 is 2.00 bits per heavy atom. The molecule has 0 atom stereocenters. The number of benzene rings is 1. The van der Waals surface area contributed by atoms with Crippen molar-refractivity contribution >= 4 is 23.3 Å². The van der Waals surface area contributed by atoms with Gasteiger partial charge in [0.15, 0.2) is 6.61 Å². The Morgan fingerprint density at radius 1 is 1.27 bits per heavy atom. The Morgan fingerprint density at radius 3 is 2.69 bits per heavy atom. The number of rotatable bonds is 6. The molecule has 0 saturated heterocycles. The molecule has 0 radical (unpaired) electrons. The van der Waals surface area contributed by atoms with Gasteiger partial charge in [-0.15, -0.1) is 0 Å². The van der Waals surface area contributed by atoms with Crippen LogP contribution in [0.25, 0.3) is 0 Å². The van der Waals surface area contributed by atoms with Gasteiger partial charge in [0, 0.05) is 29.5 Å². The molecule has 5 rings (SSSR count). The number of halogens is 2. The molecule has 8 heteroatoms. The van der Waals surface area contributed by atoms with Crippen LogP contribution in [-0.4, -0.2) is 33.6 Å². The molecule has 26 heavy (non-hydrogen) atoms. The molecule has 0 aliphatic heterocycles. The molecule has 2 N–H and O–H groups in total. The lowest BCUT2D eigenvalue weighted by atomic mass is 9.44. The van der Waals surface area contributed by atoms with Crippen molar-refractivity contribution in [3.63, 3.8) is 0 Å². The van der Waals surface area contributed by atoms with Crippen molar-refractivity contribution in [1.29, 1.82) is 0 Å². The van der Waals surface area contributed by atoms with Crippen LogP contribution in [0, 0.1) is 12.7 Å². The zero-order chi connectivity index (χ0) is 18.4. The average molecular weight is 377 g/mol. The van der Waals surface area contributed by atoms with E-state index >= 15 is 0 Å². The Balaban J connectivity index is 1.26. The lowest BCUT2D eigenvalue weighted by molar-refractivity contribution is -0.135. The van der Waals surface area contributed by atoms with E-state index in [2.05, 4.69) is 20.6 Å². The lowest BCUT2D eigenvalue weighted by Crippen LogP contribution is -2.81. The highest BCUT2D eigenvalue weighted by atomic mass is 35.5. The second-order valence-electron chi connectivity index (χ2n) is 7.12. The minimum absolute atomic E-state index is 0.00572. The molecule has 0 unspecified atom stereocenters. The molecule has 3 fully saturated rings. The summed E-state index contributed by atoms with van der Waals surface area (Å²) in [6.45, 7) is 1.75. The van der Waals surface area contributed by atoms with E-state index < -0.39 is 5.82 Å². The lowest BCUT2D eigenvalue weighted by Gasteiger charge is -2.70. The number of aromatic nitrogens is 2. The molecular weight excluding hydrogens is 359 g/mol. The van der Waals surface area contributed by atoms with Crippen molar-refractivity contribution in [2.24, 2.45) is 0 Å². The molecule has 6 nitrogen and oxygen atoms in total. The first kappa shape index (κ1) is 17.0. The average Bonchev–Trinajstić information content (AvgIpc) is 2.54. The third-order valence-corrected chi connectivity index (χ3v) is 5.27. The molecule has 2 bridgehead atoms. The fraction of sp³-hybridized carbons (Fsp3) is 0.389. The summed E-state index contributed by atoms with van der Waals surface area (Å²) in [5.41, 5.74) is 0.683. The van der Waals surface area contributed by atoms with Crippen LogP contribution >= 0.6 is 11.6 Å². The summed E-state index contributed by atoms with van der Waals surface area (Å²) >= 11 is 5.62. The van der Waals surface area contributed by atoms with Crippen molar-refractivity contribution in [3.05, 3.63) is 47.1 Å². The maximum absolute atomic E-state index is 13.4. The number of amides is 1. The summed E-state index contributed by atoms with van der Waals surface area (Å²) < 4.78 is 18.7. The van der Waals surface area contributed by atoms with E-state index in [0.29, 0.717) is 0 Å². The molecule has 3 aliphatic carbocycles. The first-order valence-electron chi connectivity index (χ1n) is 8.33. The van der Waals surface area contributed by atoms with Crippen molar-refractivity contribution in [2.45, 2.75) is 37.3 Å². The van der Waals surface area contributed by atoms with E-state index in [0.717, 1.165) is 30.8 Å². The molecule has 136 valence electrons. The van der Waals surface area contributed by atoms with Gasteiger partial charge < -0.3 is 15.4 Å².